The third kappa shape index (κ3) is 2.66. The zero-order chi connectivity index (χ0) is 15.9. The number of carbonyl (C=O) groups is 1. The van der Waals surface area contributed by atoms with Crippen molar-refractivity contribution in [2.24, 2.45) is 5.92 Å². The van der Waals surface area contributed by atoms with Crippen molar-refractivity contribution in [3.05, 3.63) is 18.2 Å². The number of nitrogens with zero attached hydrogens (tertiary/aromatic N) is 1. The lowest BCUT2D eigenvalue weighted by molar-refractivity contribution is -0.136. The summed E-state index contributed by atoms with van der Waals surface area (Å²) >= 11 is 0. The number of ether oxygens (including phenoxy) is 3. The predicted molar refractivity (Wildman–Crippen MR) is 84.7 cm³/mol. The molecule has 3 aliphatic heterocycles. The van der Waals surface area contributed by atoms with Crippen LogP contribution in [0.4, 0.5) is 5.69 Å². The molecule has 2 unspecified atom stereocenters. The van der Waals surface area contributed by atoms with Crippen LogP contribution in [0.25, 0.3) is 0 Å². The van der Waals surface area contributed by atoms with Crippen LogP contribution >= 0.6 is 0 Å². The largest absolute Gasteiger partial charge is 0.454 e. The summed E-state index contributed by atoms with van der Waals surface area (Å²) in [5.41, 5.74) is 0.315. The number of benzene rings is 1. The highest BCUT2D eigenvalue weighted by Crippen LogP contribution is 2.36. The van der Waals surface area contributed by atoms with Crippen LogP contribution in [0.3, 0.4) is 0 Å². The minimum absolute atomic E-state index is 0.0431. The maximum absolute atomic E-state index is 12.7. The molecule has 2 saturated heterocycles. The van der Waals surface area contributed by atoms with Crippen molar-refractivity contribution in [3.8, 4) is 11.5 Å². The second-order valence-electron chi connectivity index (χ2n) is 6.72. The number of nitrogens with one attached hydrogen (secondary N) is 1. The summed E-state index contributed by atoms with van der Waals surface area (Å²) < 4.78 is 16.1. The van der Waals surface area contributed by atoms with Crippen molar-refractivity contribution in [2.75, 3.05) is 38.4 Å². The van der Waals surface area contributed by atoms with E-state index in [4.69, 9.17) is 14.2 Å². The zero-order valence-corrected chi connectivity index (χ0v) is 13.3. The van der Waals surface area contributed by atoms with E-state index in [-0.39, 0.29) is 12.7 Å². The molecule has 3 heterocycles. The van der Waals surface area contributed by atoms with Crippen LogP contribution in [0.5, 0.6) is 11.5 Å². The van der Waals surface area contributed by atoms with Gasteiger partial charge in [0.25, 0.3) is 0 Å². The van der Waals surface area contributed by atoms with Crippen LogP contribution in [-0.2, 0) is 9.53 Å². The molecular weight excluding hydrogens is 296 g/mol. The molecule has 2 atom stereocenters. The standard InChI is InChI=1S/C17H22N2O4/c1-17(5-6-19(17)9-12-4-7-21-10-12)16(20)18-13-2-3-14-15(8-13)23-11-22-14/h2-3,8,12H,4-7,9-11H2,1H3,(H,18,20). The lowest BCUT2D eigenvalue weighted by Gasteiger charge is -2.50. The first-order chi connectivity index (χ1) is 11.1. The maximum Gasteiger partial charge on any atom is 0.244 e. The summed E-state index contributed by atoms with van der Waals surface area (Å²) in [7, 11) is 0. The van der Waals surface area contributed by atoms with Crippen LogP contribution in [0, 0.1) is 5.92 Å². The molecule has 0 spiro atoms. The van der Waals surface area contributed by atoms with Gasteiger partial charge >= 0.3 is 0 Å². The lowest BCUT2D eigenvalue weighted by Crippen LogP contribution is -2.65. The van der Waals surface area contributed by atoms with Gasteiger partial charge in [0.15, 0.2) is 11.5 Å². The lowest BCUT2D eigenvalue weighted by atomic mass is 9.84. The Morgan fingerprint density at radius 3 is 3.00 bits per heavy atom. The number of anilines is 1. The third-order valence-electron chi connectivity index (χ3n) is 5.19. The average molecular weight is 318 g/mol. The number of fused-ring (bicyclic) bond motifs is 1. The Bertz CT molecular complexity index is 615. The number of likely N-dealkylation sites (tertiary alicyclic amines) is 1. The Balaban J connectivity index is 1.41. The average Bonchev–Trinajstić information content (AvgIpc) is 3.21. The molecule has 1 aromatic carbocycles. The fourth-order valence-electron chi connectivity index (χ4n) is 3.43. The third-order valence-corrected chi connectivity index (χ3v) is 5.19. The van der Waals surface area contributed by atoms with Gasteiger partial charge in [0, 0.05) is 31.5 Å². The van der Waals surface area contributed by atoms with Crippen LogP contribution in [0.2, 0.25) is 0 Å². The number of hydrogen-bond donors (Lipinski definition) is 1. The smallest absolute Gasteiger partial charge is 0.244 e. The summed E-state index contributed by atoms with van der Waals surface area (Å²) in [4.78, 5) is 15.0. The van der Waals surface area contributed by atoms with E-state index in [0.717, 1.165) is 50.6 Å². The molecule has 124 valence electrons. The van der Waals surface area contributed by atoms with Crippen molar-refractivity contribution in [3.63, 3.8) is 0 Å². The Morgan fingerprint density at radius 2 is 2.26 bits per heavy atom. The normalized spacial score (nSPS) is 29.3. The van der Waals surface area contributed by atoms with E-state index in [1.54, 1.807) is 0 Å². The van der Waals surface area contributed by atoms with E-state index in [1.807, 2.05) is 25.1 Å². The van der Waals surface area contributed by atoms with Gasteiger partial charge in [-0.2, -0.15) is 0 Å². The fourth-order valence-corrected chi connectivity index (χ4v) is 3.43. The Labute approximate surface area is 135 Å². The Morgan fingerprint density at radius 1 is 1.39 bits per heavy atom. The molecule has 1 N–H and O–H groups in total. The molecule has 0 bridgehead atoms. The first-order valence-electron chi connectivity index (χ1n) is 8.19. The van der Waals surface area contributed by atoms with E-state index >= 15 is 0 Å². The highest BCUT2D eigenvalue weighted by Gasteiger charge is 2.47. The quantitative estimate of drug-likeness (QED) is 0.918. The number of hydrogen-bond acceptors (Lipinski definition) is 5. The van der Waals surface area contributed by atoms with E-state index in [2.05, 4.69) is 10.2 Å². The Kier molecular flexibility index (Phi) is 3.66. The molecule has 1 amide bonds. The monoisotopic (exact) mass is 318 g/mol. The first kappa shape index (κ1) is 14.8. The highest BCUT2D eigenvalue weighted by molar-refractivity contribution is 5.98. The molecule has 4 rings (SSSR count). The van der Waals surface area contributed by atoms with E-state index < -0.39 is 5.54 Å². The van der Waals surface area contributed by atoms with Crippen molar-refractivity contribution in [1.82, 2.24) is 4.90 Å². The molecular formula is C17H22N2O4. The summed E-state index contributed by atoms with van der Waals surface area (Å²) in [6.07, 6.45) is 1.98. The number of carbonyl (C=O) groups excluding carboxylic acids is 1. The molecule has 0 saturated carbocycles. The zero-order valence-electron chi connectivity index (χ0n) is 13.3. The van der Waals surface area contributed by atoms with Crippen molar-refractivity contribution < 1.29 is 19.0 Å². The molecule has 2 fully saturated rings. The molecule has 0 aliphatic carbocycles. The van der Waals surface area contributed by atoms with Crippen molar-refractivity contribution in [1.29, 1.82) is 0 Å². The predicted octanol–water partition coefficient (Wildman–Crippen LogP) is 1.85. The van der Waals surface area contributed by atoms with E-state index in [9.17, 15) is 4.79 Å². The Hall–Kier alpha value is -1.79. The van der Waals surface area contributed by atoms with Crippen LogP contribution in [0.1, 0.15) is 19.8 Å². The molecule has 0 radical (unpaired) electrons. The molecule has 1 aromatic rings. The summed E-state index contributed by atoms with van der Waals surface area (Å²) in [6, 6.07) is 5.49. The van der Waals surface area contributed by atoms with Crippen molar-refractivity contribution in [2.45, 2.75) is 25.3 Å². The minimum Gasteiger partial charge on any atom is -0.454 e. The van der Waals surface area contributed by atoms with Gasteiger partial charge in [0.1, 0.15) is 0 Å². The van der Waals surface area contributed by atoms with Gasteiger partial charge in [-0.3, -0.25) is 9.69 Å². The second kappa shape index (κ2) is 5.69. The topological polar surface area (TPSA) is 60.0 Å². The molecule has 0 aromatic heterocycles. The first-order valence-corrected chi connectivity index (χ1v) is 8.19. The second-order valence-corrected chi connectivity index (χ2v) is 6.72. The van der Waals surface area contributed by atoms with Gasteiger partial charge < -0.3 is 19.5 Å². The van der Waals surface area contributed by atoms with Gasteiger partial charge in [0.05, 0.1) is 12.1 Å². The summed E-state index contributed by atoms with van der Waals surface area (Å²) in [5.74, 6) is 2.00. The van der Waals surface area contributed by atoms with Gasteiger partial charge in [0.2, 0.25) is 12.7 Å². The molecule has 6 heteroatoms. The minimum atomic E-state index is -0.432. The van der Waals surface area contributed by atoms with Gasteiger partial charge in [-0.05, 0) is 37.8 Å². The molecule has 3 aliphatic rings. The van der Waals surface area contributed by atoms with Gasteiger partial charge in [-0.15, -0.1) is 0 Å². The SMILES string of the molecule is CC1(C(=O)Nc2ccc3c(c2)OCO3)CCN1CC1CCOC1. The van der Waals surface area contributed by atoms with Crippen molar-refractivity contribution >= 4 is 11.6 Å². The van der Waals surface area contributed by atoms with Crippen LogP contribution in [0.15, 0.2) is 18.2 Å². The van der Waals surface area contributed by atoms with E-state index in [1.165, 1.54) is 0 Å². The molecule has 23 heavy (non-hydrogen) atoms. The van der Waals surface area contributed by atoms with Gasteiger partial charge in [-0.25, -0.2) is 0 Å². The number of rotatable bonds is 4. The number of amides is 1. The highest BCUT2D eigenvalue weighted by atomic mass is 16.7. The van der Waals surface area contributed by atoms with Crippen LogP contribution < -0.4 is 14.8 Å². The maximum atomic E-state index is 12.7. The summed E-state index contributed by atoms with van der Waals surface area (Å²) in [5, 5.41) is 3.02. The van der Waals surface area contributed by atoms with E-state index in [0.29, 0.717) is 11.7 Å². The molecule has 6 nitrogen and oxygen atoms in total. The summed E-state index contributed by atoms with van der Waals surface area (Å²) in [6.45, 7) is 5.83. The van der Waals surface area contributed by atoms with Crippen LogP contribution in [-0.4, -0.2) is 49.4 Å². The fraction of sp³-hybridized carbons (Fsp3) is 0.588. The van der Waals surface area contributed by atoms with Gasteiger partial charge in [-0.1, -0.05) is 0 Å².